The molecule has 1 N–H and O–H groups in total. The highest BCUT2D eigenvalue weighted by molar-refractivity contribution is 6.00. The second kappa shape index (κ2) is 13.5. The van der Waals surface area contributed by atoms with Gasteiger partial charge in [0.15, 0.2) is 17.7 Å². The van der Waals surface area contributed by atoms with Crippen molar-refractivity contribution in [2.75, 3.05) is 20.8 Å². The van der Waals surface area contributed by atoms with Crippen molar-refractivity contribution in [1.29, 1.82) is 0 Å². The van der Waals surface area contributed by atoms with Gasteiger partial charge in [-0.1, -0.05) is 13.8 Å². The first-order valence-corrected chi connectivity index (χ1v) is 15.5. The minimum Gasteiger partial charge on any atom is -0.458 e. The van der Waals surface area contributed by atoms with E-state index in [-0.39, 0.29) is 30.8 Å². The number of methoxy groups -OCH3 is 2. The van der Waals surface area contributed by atoms with Gasteiger partial charge in [0.25, 0.3) is 0 Å². The van der Waals surface area contributed by atoms with Crippen LogP contribution in [-0.2, 0) is 38.0 Å². The number of amides is 1. The number of ketones is 1. The van der Waals surface area contributed by atoms with Crippen LogP contribution in [0.3, 0.4) is 0 Å². The molecule has 4 aliphatic rings. The third-order valence-electron chi connectivity index (χ3n) is 9.72. The Morgan fingerprint density at radius 3 is 2.26 bits per heavy atom. The Labute approximate surface area is 256 Å². The zero-order chi connectivity index (χ0) is 32.5. The molecular formula is C32H53NO10. The number of hydrogen-bond donors (Lipinski definition) is 1. The molecule has 43 heavy (non-hydrogen) atoms. The monoisotopic (exact) mass is 611 g/mol. The topological polar surface area (TPSA) is 130 Å². The maximum atomic E-state index is 13.8. The van der Waals surface area contributed by atoms with Crippen LogP contribution >= 0.6 is 0 Å². The summed E-state index contributed by atoms with van der Waals surface area (Å²) in [6, 6.07) is -0.895. The van der Waals surface area contributed by atoms with E-state index >= 15 is 0 Å². The Balaban J connectivity index is 2.08. The van der Waals surface area contributed by atoms with Gasteiger partial charge in [-0.3, -0.25) is 14.5 Å². The van der Waals surface area contributed by atoms with Gasteiger partial charge in [-0.25, -0.2) is 4.79 Å². The number of carbonyl (C=O) groups is 3. The summed E-state index contributed by atoms with van der Waals surface area (Å²) >= 11 is 0. The molecule has 0 aromatic carbocycles. The maximum absolute atomic E-state index is 13.8. The standard InChI is InChI=1S/C32H53NO10/c1-12-24-32(9)23(34)17-33(29(37)43-32)22(6)26(35)18(2)13-30(7,38-10)14-19(3)27(21(5)28(36)41-24)42-25-16-31(8,39-11)15-20(4)40-25/h13,19-25,27,34H,12,14-17H2,1-11H3/b18-13+/t19-,20+,21-,22+,23?,24-,25+,27+,30-,31+,32+/m1/s1. The van der Waals surface area contributed by atoms with Gasteiger partial charge in [0, 0.05) is 27.1 Å². The molecule has 0 aromatic heterocycles. The summed E-state index contributed by atoms with van der Waals surface area (Å²) in [7, 11) is 3.24. The molecular weight excluding hydrogens is 558 g/mol. The Morgan fingerprint density at radius 1 is 1.02 bits per heavy atom. The number of rotatable bonds is 5. The summed E-state index contributed by atoms with van der Waals surface area (Å²) in [5.41, 5.74) is -2.47. The number of ether oxygens (including phenoxy) is 6. The average molecular weight is 612 g/mol. The lowest BCUT2D eigenvalue weighted by Gasteiger charge is -2.47. The van der Waals surface area contributed by atoms with Gasteiger partial charge in [-0.15, -0.1) is 0 Å². The summed E-state index contributed by atoms with van der Waals surface area (Å²) in [5, 5.41) is 11.2. The number of Topliss-reactive ketones (excluding diaryl/α,β-unsaturated/α-hetero) is 1. The van der Waals surface area contributed by atoms with Crippen molar-refractivity contribution in [3.63, 3.8) is 0 Å². The van der Waals surface area contributed by atoms with Crippen molar-refractivity contribution in [1.82, 2.24) is 4.90 Å². The molecule has 11 nitrogen and oxygen atoms in total. The molecule has 0 radical (unpaired) electrons. The molecule has 2 fully saturated rings. The van der Waals surface area contributed by atoms with Gasteiger partial charge in [0.05, 0.1) is 41.9 Å². The number of hydrogen-bond acceptors (Lipinski definition) is 10. The number of nitrogens with zero attached hydrogens (tertiary/aromatic N) is 1. The largest absolute Gasteiger partial charge is 0.458 e. The molecule has 2 bridgehead atoms. The van der Waals surface area contributed by atoms with E-state index < -0.39 is 65.4 Å². The molecule has 11 atom stereocenters. The minimum atomic E-state index is -1.51. The summed E-state index contributed by atoms with van der Waals surface area (Å²) in [4.78, 5) is 41.8. The van der Waals surface area contributed by atoms with Crippen LogP contribution in [0.5, 0.6) is 0 Å². The second-order valence-corrected chi connectivity index (χ2v) is 13.4. The highest BCUT2D eigenvalue weighted by Gasteiger charge is 2.53. The molecule has 2 saturated heterocycles. The van der Waals surface area contributed by atoms with Crippen molar-refractivity contribution in [3.8, 4) is 0 Å². The second-order valence-electron chi connectivity index (χ2n) is 13.4. The van der Waals surface area contributed by atoms with Crippen LogP contribution in [0.15, 0.2) is 11.6 Å². The Kier molecular flexibility index (Phi) is 11.1. The quantitative estimate of drug-likeness (QED) is 0.452. The van der Waals surface area contributed by atoms with E-state index in [1.54, 1.807) is 54.9 Å². The predicted octanol–water partition coefficient (Wildman–Crippen LogP) is 4.18. The normalized spacial score (nSPS) is 44.9. The van der Waals surface area contributed by atoms with E-state index in [0.717, 1.165) is 0 Å². The molecule has 4 aliphatic heterocycles. The number of aliphatic hydroxyl groups is 1. The van der Waals surface area contributed by atoms with Crippen LogP contribution in [-0.4, -0.2) is 102 Å². The van der Waals surface area contributed by atoms with E-state index in [2.05, 4.69) is 0 Å². The molecule has 4 heterocycles. The summed E-state index contributed by atoms with van der Waals surface area (Å²) in [6.07, 6.45) is -0.727. The lowest BCUT2D eigenvalue weighted by Crippen LogP contribution is -2.65. The molecule has 1 unspecified atom stereocenters. The maximum Gasteiger partial charge on any atom is 0.411 e. The number of fused-ring (bicyclic) bond motifs is 12. The van der Waals surface area contributed by atoms with Crippen LogP contribution in [0.1, 0.15) is 88.0 Å². The lowest BCUT2D eigenvalue weighted by molar-refractivity contribution is -0.265. The lowest BCUT2D eigenvalue weighted by atomic mass is 9.82. The van der Waals surface area contributed by atoms with E-state index in [9.17, 15) is 19.5 Å². The van der Waals surface area contributed by atoms with Crippen molar-refractivity contribution < 1.29 is 47.9 Å². The van der Waals surface area contributed by atoms with Crippen LogP contribution in [0.25, 0.3) is 0 Å². The molecule has 0 aliphatic carbocycles. The van der Waals surface area contributed by atoms with E-state index in [0.29, 0.717) is 24.8 Å². The van der Waals surface area contributed by atoms with Crippen molar-refractivity contribution >= 4 is 17.8 Å². The van der Waals surface area contributed by atoms with Gasteiger partial charge < -0.3 is 33.5 Å². The molecule has 11 heteroatoms. The van der Waals surface area contributed by atoms with Crippen molar-refractivity contribution in [2.24, 2.45) is 11.8 Å². The SMILES string of the molecule is CC[C@H]1OC(=O)[C@H](C)[C@@H](O[C@H]2C[C@@](C)(OC)C[C@H](C)O2)[C@H](C)C[C@](C)(OC)/C=C(\C)C(=O)[C@H](C)N2CC(O)[C@]1(C)OC2=O. The third-order valence-corrected chi connectivity index (χ3v) is 9.72. The summed E-state index contributed by atoms with van der Waals surface area (Å²) in [6.45, 7) is 16.0. The van der Waals surface area contributed by atoms with Gasteiger partial charge in [0.2, 0.25) is 0 Å². The first kappa shape index (κ1) is 35.4. The smallest absolute Gasteiger partial charge is 0.411 e. The van der Waals surface area contributed by atoms with Gasteiger partial charge >= 0.3 is 12.1 Å². The molecule has 4 rings (SSSR count). The first-order valence-electron chi connectivity index (χ1n) is 15.5. The first-order chi connectivity index (χ1) is 19.9. The fraction of sp³-hybridized carbons (Fsp3) is 0.844. The van der Waals surface area contributed by atoms with Gasteiger partial charge in [-0.2, -0.15) is 0 Å². The van der Waals surface area contributed by atoms with Crippen LogP contribution < -0.4 is 0 Å². The van der Waals surface area contributed by atoms with E-state index in [1.165, 1.54) is 4.90 Å². The molecule has 0 spiro atoms. The Hall–Kier alpha value is -2.05. The highest BCUT2D eigenvalue weighted by Crippen LogP contribution is 2.38. The average Bonchev–Trinajstić information content (AvgIpc) is 2.94. The number of carbonyl (C=O) groups excluding carboxylic acids is 3. The van der Waals surface area contributed by atoms with Gasteiger partial charge in [-0.05, 0) is 78.9 Å². The fourth-order valence-corrected chi connectivity index (χ4v) is 6.86. The highest BCUT2D eigenvalue weighted by atomic mass is 16.7. The molecule has 1 amide bonds. The van der Waals surface area contributed by atoms with Crippen molar-refractivity contribution in [2.45, 2.75) is 142 Å². The predicted molar refractivity (Wildman–Crippen MR) is 158 cm³/mol. The van der Waals surface area contributed by atoms with Crippen LogP contribution in [0.2, 0.25) is 0 Å². The Morgan fingerprint density at radius 2 is 1.67 bits per heavy atom. The van der Waals surface area contributed by atoms with E-state index in [4.69, 9.17) is 28.4 Å². The summed E-state index contributed by atoms with van der Waals surface area (Å²) < 4.78 is 36.3. The molecule has 246 valence electrons. The summed E-state index contributed by atoms with van der Waals surface area (Å²) in [5.74, 6) is -1.86. The Bertz CT molecular complexity index is 1060. The zero-order valence-corrected chi connectivity index (χ0v) is 27.8. The van der Waals surface area contributed by atoms with Crippen LogP contribution in [0.4, 0.5) is 4.79 Å². The number of esters is 1. The third kappa shape index (κ3) is 7.61. The minimum absolute atomic E-state index is 0.123. The molecule has 0 aromatic rings. The zero-order valence-electron chi connectivity index (χ0n) is 27.8. The fourth-order valence-electron chi connectivity index (χ4n) is 6.86. The van der Waals surface area contributed by atoms with Gasteiger partial charge in [0.1, 0.15) is 12.2 Å². The van der Waals surface area contributed by atoms with Crippen molar-refractivity contribution in [3.05, 3.63) is 11.6 Å². The van der Waals surface area contributed by atoms with Crippen LogP contribution in [0, 0.1) is 11.8 Å². The van der Waals surface area contributed by atoms with E-state index in [1.807, 2.05) is 27.7 Å². The number of aliphatic hydroxyl groups excluding tert-OH is 1. The molecule has 0 saturated carbocycles.